The van der Waals surface area contributed by atoms with Gasteiger partial charge in [-0.3, -0.25) is 0 Å². The molecule has 2 aromatic rings. The van der Waals surface area contributed by atoms with Gasteiger partial charge in [-0.1, -0.05) is 23.9 Å². The zero-order valence-corrected chi connectivity index (χ0v) is 13.0. The van der Waals surface area contributed by atoms with Gasteiger partial charge in [0.25, 0.3) is 0 Å². The second-order valence-corrected chi connectivity index (χ2v) is 5.74. The van der Waals surface area contributed by atoms with Crippen LogP contribution in [0.15, 0.2) is 41.3 Å². The highest BCUT2D eigenvalue weighted by Gasteiger charge is 2.25. The number of anilines is 1. The van der Waals surface area contributed by atoms with E-state index < -0.39 is 0 Å². The van der Waals surface area contributed by atoms with Crippen LogP contribution in [0.1, 0.15) is 10.9 Å². The fraction of sp³-hybridized carbons (Fsp3) is 0.250. The van der Waals surface area contributed by atoms with Crippen LogP contribution in [0.4, 0.5) is 5.69 Å². The molecule has 0 saturated carbocycles. The number of hydrogen-bond acceptors (Lipinski definition) is 5. The molecule has 0 amide bonds. The number of fused-ring (bicyclic) bond motifs is 1. The Balaban J connectivity index is 1.97. The zero-order chi connectivity index (χ0) is 14.8. The Labute approximate surface area is 128 Å². The van der Waals surface area contributed by atoms with Crippen LogP contribution in [0.3, 0.4) is 0 Å². The molecule has 5 heteroatoms. The number of ether oxygens (including phenoxy) is 3. The smallest absolute Gasteiger partial charge is 0.203 e. The third kappa shape index (κ3) is 2.49. The maximum atomic E-state index is 5.41. The summed E-state index contributed by atoms with van der Waals surface area (Å²) in [5.41, 5.74) is 2.24. The fourth-order valence-electron chi connectivity index (χ4n) is 2.39. The van der Waals surface area contributed by atoms with Gasteiger partial charge < -0.3 is 19.5 Å². The second-order valence-electron chi connectivity index (χ2n) is 4.60. The van der Waals surface area contributed by atoms with Crippen molar-refractivity contribution in [1.82, 2.24) is 0 Å². The van der Waals surface area contributed by atoms with E-state index in [2.05, 4.69) is 17.4 Å². The lowest BCUT2D eigenvalue weighted by molar-refractivity contribution is 0.324. The Morgan fingerprint density at radius 2 is 1.62 bits per heavy atom. The van der Waals surface area contributed by atoms with Gasteiger partial charge in [-0.05, 0) is 29.8 Å². The Morgan fingerprint density at radius 1 is 0.952 bits per heavy atom. The van der Waals surface area contributed by atoms with E-state index in [1.807, 2.05) is 24.3 Å². The summed E-state index contributed by atoms with van der Waals surface area (Å²) in [4.78, 5) is 1.25. The van der Waals surface area contributed by atoms with Crippen molar-refractivity contribution in [1.29, 1.82) is 0 Å². The Kier molecular flexibility index (Phi) is 3.84. The summed E-state index contributed by atoms with van der Waals surface area (Å²) in [5.74, 6) is 1.96. The lowest BCUT2D eigenvalue weighted by Gasteiger charge is -2.17. The second kappa shape index (κ2) is 5.77. The standard InChI is InChI=1S/C16H17NO3S/c1-18-12-8-10(9-13(19-2)15(12)20-3)16-17-11-6-4-5-7-14(11)21-16/h4-9,16-17H,1-3H3. The summed E-state index contributed by atoms with van der Waals surface area (Å²) in [5, 5.41) is 3.64. The Bertz CT molecular complexity index is 610. The highest BCUT2D eigenvalue weighted by molar-refractivity contribution is 8.00. The first-order valence-electron chi connectivity index (χ1n) is 6.59. The van der Waals surface area contributed by atoms with Crippen molar-refractivity contribution in [3.8, 4) is 17.2 Å². The van der Waals surface area contributed by atoms with Crippen LogP contribution in [0, 0.1) is 0 Å². The van der Waals surface area contributed by atoms with Gasteiger partial charge in [-0.15, -0.1) is 0 Å². The molecule has 0 spiro atoms. The third-order valence-electron chi connectivity index (χ3n) is 3.41. The van der Waals surface area contributed by atoms with Crippen molar-refractivity contribution in [3.05, 3.63) is 42.0 Å². The van der Waals surface area contributed by atoms with Crippen molar-refractivity contribution in [2.75, 3.05) is 26.6 Å². The molecule has 0 aromatic heterocycles. The number of benzene rings is 2. The lowest BCUT2D eigenvalue weighted by Crippen LogP contribution is -2.03. The van der Waals surface area contributed by atoms with Crippen LogP contribution in [0.5, 0.6) is 17.2 Å². The van der Waals surface area contributed by atoms with Crippen LogP contribution in [0.2, 0.25) is 0 Å². The number of thioether (sulfide) groups is 1. The molecule has 3 rings (SSSR count). The Morgan fingerprint density at radius 3 is 2.19 bits per heavy atom. The molecule has 110 valence electrons. The van der Waals surface area contributed by atoms with E-state index in [4.69, 9.17) is 14.2 Å². The topological polar surface area (TPSA) is 39.7 Å². The van der Waals surface area contributed by atoms with Gasteiger partial charge >= 0.3 is 0 Å². The summed E-state index contributed by atoms with van der Waals surface area (Å²) < 4.78 is 16.2. The largest absolute Gasteiger partial charge is 0.493 e. The predicted octanol–water partition coefficient (Wildman–Crippen LogP) is 3.93. The minimum Gasteiger partial charge on any atom is -0.493 e. The fourth-order valence-corrected chi connectivity index (χ4v) is 3.51. The average Bonchev–Trinajstić information content (AvgIpc) is 2.97. The molecule has 1 aliphatic rings. The van der Waals surface area contributed by atoms with Gasteiger partial charge in [0.05, 0.1) is 21.3 Å². The van der Waals surface area contributed by atoms with E-state index in [9.17, 15) is 0 Å². The molecule has 2 aromatic carbocycles. The van der Waals surface area contributed by atoms with Gasteiger partial charge in [0.15, 0.2) is 11.5 Å². The number of hydrogen-bond donors (Lipinski definition) is 1. The minimum absolute atomic E-state index is 0.135. The van der Waals surface area contributed by atoms with Crippen molar-refractivity contribution >= 4 is 17.4 Å². The van der Waals surface area contributed by atoms with Gasteiger partial charge in [0, 0.05) is 10.6 Å². The third-order valence-corrected chi connectivity index (χ3v) is 4.64. The molecule has 4 nitrogen and oxygen atoms in total. The Hall–Kier alpha value is -2.01. The first-order chi connectivity index (χ1) is 10.3. The molecule has 1 N–H and O–H groups in total. The van der Waals surface area contributed by atoms with Gasteiger partial charge in [0.1, 0.15) is 5.37 Å². The molecule has 0 radical (unpaired) electrons. The van der Waals surface area contributed by atoms with Gasteiger partial charge in [-0.25, -0.2) is 0 Å². The van der Waals surface area contributed by atoms with E-state index in [0.29, 0.717) is 17.2 Å². The van der Waals surface area contributed by atoms with E-state index in [1.54, 1.807) is 33.1 Å². The van der Waals surface area contributed by atoms with E-state index >= 15 is 0 Å². The van der Waals surface area contributed by atoms with Crippen molar-refractivity contribution in [3.63, 3.8) is 0 Å². The van der Waals surface area contributed by atoms with Crippen LogP contribution < -0.4 is 19.5 Å². The van der Waals surface area contributed by atoms with E-state index in [0.717, 1.165) is 11.3 Å². The molecule has 0 bridgehead atoms. The summed E-state index contributed by atoms with van der Waals surface area (Å²) in [7, 11) is 4.87. The number of nitrogens with one attached hydrogen (secondary N) is 1. The summed E-state index contributed by atoms with van der Waals surface area (Å²) in [6.45, 7) is 0. The van der Waals surface area contributed by atoms with Crippen LogP contribution >= 0.6 is 11.8 Å². The SMILES string of the molecule is COc1cc(C2Nc3ccccc3S2)cc(OC)c1OC. The molecule has 1 atom stereocenters. The molecular formula is C16H17NO3S. The van der Waals surface area contributed by atoms with Crippen molar-refractivity contribution in [2.45, 2.75) is 10.3 Å². The maximum absolute atomic E-state index is 5.41. The molecule has 0 aliphatic carbocycles. The monoisotopic (exact) mass is 303 g/mol. The average molecular weight is 303 g/mol. The molecule has 1 heterocycles. The van der Waals surface area contributed by atoms with Crippen molar-refractivity contribution in [2.24, 2.45) is 0 Å². The number of para-hydroxylation sites is 1. The molecule has 21 heavy (non-hydrogen) atoms. The number of methoxy groups -OCH3 is 3. The van der Waals surface area contributed by atoms with Crippen LogP contribution in [-0.4, -0.2) is 21.3 Å². The molecule has 1 aliphatic heterocycles. The number of rotatable bonds is 4. The van der Waals surface area contributed by atoms with Crippen LogP contribution in [-0.2, 0) is 0 Å². The van der Waals surface area contributed by atoms with E-state index in [1.165, 1.54) is 4.90 Å². The summed E-state index contributed by atoms with van der Waals surface area (Å²) in [6.07, 6.45) is 0. The lowest BCUT2D eigenvalue weighted by atomic mass is 10.1. The molecule has 0 saturated heterocycles. The highest BCUT2D eigenvalue weighted by atomic mass is 32.2. The normalized spacial score (nSPS) is 16.0. The summed E-state index contributed by atoms with van der Waals surface area (Å²) >= 11 is 1.78. The van der Waals surface area contributed by atoms with Gasteiger partial charge in [0.2, 0.25) is 5.75 Å². The minimum atomic E-state index is 0.135. The van der Waals surface area contributed by atoms with Gasteiger partial charge in [-0.2, -0.15) is 0 Å². The quantitative estimate of drug-likeness (QED) is 0.926. The first kappa shape index (κ1) is 13.9. The maximum Gasteiger partial charge on any atom is 0.203 e. The molecule has 1 unspecified atom stereocenters. The molecule has 0 fully saturated rings. The zero-order valence-electron chi connectivity index (χ0n) is 12.2. The van der Waals surface area contributed by atoms with E-state index in [-0.39, 0.29) is 5.37 Å². The first-order valence-corrected chi connectivity index (χ1v) is 7.47. The highest BCUT2D eigenvalue weighted by Crippen LogP contribution is 2.49. The predicted molar refractivity (Wildman–Crippen MR) is 84.8 cm³/mol. The van der Waals surface area contributed by atoms with Crippen LogP contribution in [0.25, 0.3) is 0 Å². The molecular weight excluding hydrogens is 286 g/mol. The summed E-state index contributed by atoms with van der Waals surface area (Å²) in [6, 6.07) is 12.2. The van der Waals surface area contributed by atoms with Crippen molar-refractivity contribution < 1.29 is 14.2 Å².